The normalized spacial score (nSPS) is 16.1. The molecular weight excluding hydrogens is 288 g/mol. The van der Waals surface area contributed by atoms with Gasteiger partial charge in [-0.15, -0.1) is 0 Å². The van der Waals surface area contributed by atoms with E-state index < -0.39 is 0 Å². The minimum absolute atomic E-state index is 0.0904. The molecule has 0 saturated carbocycles. The molecule has 2 aromatic carbocycles. The topological polar surface area (TPSA) is 40.6 Å². The third-order valence-corrected chi connectivity index (χ3v) is 4.73. The summed E-state index contributed by atoms with van der Waals surface area (Å²) in [7, 11) is 3.65. The van der Waals surface area contributed by atoms with Crippen molar-refractivity contribution in [3.8, 4) is 0 Å². The van der Waals surface area contributed by atoms with Gasteiger partial charge in [-0.25, -0.2) is 0 Å². The molecule has 116 valence electrons. The Kier molecular flexibility index (Phi) is 3.01. The fourth-order valence-electron chi connectivity index (χ4n) is 3.44. The van der Waals surface area contributed by atoms with Crippen LogP contribution in [-0.4, -0.2) is 35.7 Å². The summed E-state index contributed by atoms with van der Waals surface area (Å²) >= 11 is 0. The fourth-order valence-corrected chi connectivity index (χ4v) is 3.44. The summed E-state index contributed by atoms with van der Waals surface area (Å²) in [5.74, 6) is 0.181. The number of hydrogen-bond acceptors (Lipinski definition) is 2. The van der Waals surface area contributed by atoms with Crippen LogP contribution in [0, 0.1) is 0 Å². The van der Waals surface area contributed by atoms with Gasteiger partial charge in [0.2, 0.25) is 0 Å². The van der Waals surface area contributed by atoms with Crippen LogP contribution in [0.1, 0.15) is 43.0 Å². The molecule has 4 heteroatoms. The van der Waals surface area contributed by atoms with Crippen LogP contribution >= 0.6 is 0 Å². The number of fused-ring (bicyclic) bond motifs is 2. The van der Waals surface area contributed by atoms with Crippen molar-refractivity contribution in [3.05, 3.63) is 69.8 Å². The maximum Gasteiger partial charge on any atom is 0.254 e. The molecule has 0 N–H and O–H groups in total. The second-order valence-electron chi connectivity index (χ2n) is 6.48. The van der Waals surface area contributed by atoms with Crippen molar-refractivity contribution in [2.24, 2.45) is 0 Å². The van der Waals surface area contributed by atoms with Crippen molar-refractivity contribution in [2.75, 3.05) is 14.1 Å². The molecule has 0 bridgehead atoms. The Balaban J connectivity index is 1.63. The number of hydrogen-bond donors (Lipinski definition) is 0. The van der Waals surface area contributed by atoms with Gasteiger partial charge in [-0.1, -0.05) is 24.3 Å². The van der Waals surface area contributed by atoms with Crippen LogP contribution in [0.2, 0.25) is 0 Å². The van der Waals surface area contributed by atoms with Gasteiger partial charge in [-0.3, -0.25) is 9.59 Å². The van der Waals surface area contributed by atoms with E-state index in [2.05, 4.69) is 12.1 Å². The number of carbonyl (C=O) groups is 2. The molecule has 4 rings (SSSR count). The summed E-state index contributed by atoms with van der Waals surface area (Å²) in [6, 6.07) is 12.2. The predicted octanol–water partition coefficient (Wildman–Crippen LogP) is 2.45. The van der Waals surface area contributed by atoms with E-state index >= 15 is 0 Å². The van der Waals surface area contributed by atoms with Crippen LogP contribution in [0.15, 0.2) is 36.4 Å². The Morgan fingerprint density at radius 3 is 1.65 bits per heavy atom. The Hall–Kier alpha value is -2.62. The number of benzene rings is 2. The monoisotopic (exact) mass is 306 g/mol. The first kappa shape index (κ1) is 14.0. The minimum Gasteiger partial charge on any atom is -0.337 e. The maximum absolute atomic E-state index is 12.1. The van der Waals surface area contributed by atoms with Gasteiger partial charge in [-0.2, -0.15) is 0 Å². The first-order chi connectivity index (χ1) is 11.0. The van der Waals surface area contributed by atoms with Crippen LogP contribution < -0.4 is 0 Å². The third kappa shape index (κ3) is 2.22. The molecule has 0 fully saturated rings. The molecule has 0 aliphatic carbocycles. The van der Waals surface area contributed by atoms with Gasteiger partial charge in [0.05, 0.1) is 0 Å². The molecule has 0 aromatic heterocycles. The lowest BCUT2D eigenvalue weighted by Gasteiger charge is -2.06. The molecule has 23 heavy (non-hydrogen) atoms. The van der Waals surface area contributed by atoms with Crippen molar-refractivity contribution in [1.82, 2.24) is 9.80 Å². The zero-order valence-electron chi connectivity index (χ0n) is 13.3. The summed E-state index contributed by atoms with van der Waals surface area (Å²) in [5, 5.41) is 0. The Labute approximate surface area is 135 Å². The summed E-state index contributed by atoms with van der Waals surface area (Å²) < 4.78 is 0. The van der Waals surface area contributed by atoms with Crippen LogP contribution in [0.3, 0.4) is 0 Å². The third-order valence-electron chi connectivity index (χ3n) is 4.73. The molecule has 2 aliphatic rings. The van der Waals surface area contributed by atoms with Gasteiger partial charge in [-0.05, 0) is 40.8 Å². The van der Waals surface area contributed by atoms with E-state index in [0.717, 1.165) is 39.8 Å². The maximum atomic E-state index is 12.1. The molecule has 0 atom stereocenters. The minimum atomic E-state index is 0.0904. The Bertz CT molecular complexity index is 772. The predicted molar refractivity (Wildman–Crippen MR) is 87.3 cm³/mol. The number of nitrogens with zero attached hydrogens (tertiary/aromatic N) is 2. The van der Waals surface area contributed by atoms with Gasteiger partial charge in [0.1, 0.15) is 0 Å². The van der Waals surface area contributed by atoms with E-state index in [1.165, 1.54) is 0 Å². The smallest absolute Gasteiger partial charge is 0.254 e. The lowest BCUT2D eigenvalue weighted by molar-refractivity contribution is 0.0809. The quantitative estimate of drug-likeness (QED) is 0.855. The Morgan fingerprint density at radius 2 is 1.22 bits per heavy atom. The van der Waals surface area contributed by atoms with Crippen molar-refractivity contribution in [1.29, 1.82) is 0 Å². The van der Waals surface area contributed by atoms with Crippen LogP contribution in [-0.2, 0) is 19.5 Å². The molecule has 0 spiro atoms. The molecule has 0 radical (unpaired) electrons. The molecule has 2 aliphatic heterocycles. The van der Waals surface area contributed by atoms with Gasteiger partial charge < -0.3 is 9.80 Å². The first-order valence-corrected chi connectivity index (χ1v) is 7.77. The summed E-state index contributed by atoms with van der Waals surface area (Å²) in [6.07, 6.45) is 0.731. The van der Waals surface area contributed by atoms with Crippen molar-refractivity contribution in [3.63, 3.8) is 0 Å². The summed E-state index contributed by atoms with van der Waals surface area (Å²) in [4.78, 5) is 27.7. The highest BCUT2D eigenvalue weighted by Gasteiger charge is 2.25. The molecule has 0 unspecified atom stereocenters. The van der Waals surface area contributed by atoms with Gasteiger partial charge in [0.25, 0.3) is 11.8 Å². The van der Waals surface area contributed by atoms with Crippen LogP contribution in [0.4, 0.5) is 0 Å². The van der Waals surface area contributed by atoms with Gasteiger partial charge >= 0.3 is 0 Å². The molecule has 0 saturated heterocycles. The van der Waals surface area contributed by atoms with Crippen LogP contribution in [0.5, 0.6) is 0 Å². The SMILES string of the molecule is CN1Cc2ccc(Cc3ccc4c(c3)C(=O)N(C)C4)cc2C1=O. The van der Waals surface area contributed by atoms with E-state index in [0.29, 0.717) is 13.1 Å². The zero-order chi connectivity index (χ0) is 16.1. The average molecular weight is 306 g/mol. The van der Waals surface area contributed by atoms with E-state index in [-0.39, 0.29) is 11.8 Å². The molecule has 4 nitrogen and oxygen atoms in total. The standard InChI is InChI=1S/C19H18N2O2/c1-20-10-14-5-3-12(8-16(14)18(20)22)7-13-4-6-15-11-21(2)19(23)17(15)9-13/h3-6,8-9H,7,10-11H2,1-2H3. The molecule has 2 aromatic rings. The summed E-state index contributed by atoms with van der Waals surface area (Å²) in [5.41, 5.74) is 6.00. The second kappa shape index (κ2) is 4.95. The van der Waals surface area contributed by atoms with Crippen LogP contribution in [0.25, 0.3) is 0 Å². The highest BCUT2D eigenvalue weighted by molar-refractivity contribution is 5.99. The number of carbonyl (C=O) groups excluding carboxylic acids is 2. The van der Waals surface area contributed by atoms with Crippen molar-refractivity contribution >= 4 is 11.8 Å². The highest BCUT2D eigenvalue weighted by atomic mass is 16.2. The lowest BCUT2D eigenvalue weighted by Crippen LogP contribution is -2.17. The van der Waals surface area contributed by atoms with E-state index in [9.17, 15) is 9.59 Å². The zero-order valence-corrected chi connectivity index (χ0v) is 13.3. The second-order valence-corrected chi connectivity index (χ2v) is 6.48. The number of amides is 2. The fraction of sp³-hybridized carbons (Fsp3) is 0.263. The van der Waals surface area contributed by atoms with Crippen molar-refractivity contribution < 1.29 is 9.59 Å². The van der Waals surface area contributed by atoms with Gasteiger partial charge in [0, 0.05) is 38.3 Å². The van der Waals surface area contributed by atoms with E-state index in [4.69, 9.17) is 0 Å². The molecule has 2 heterocycles. The lowest BCUT2D eigenvalue weighted by atomic mass is 9.98. The highest BCUT2D eigenvalue weighted by Crippen LogP contribution is 2.26. The first-order valence-electron chi connectivity index (χ1n) is 7.77. The number of rotatable bonds is 2. The Morgan fingerprint density at radius 1 is 0.783 bits per heavy atom. The average Bonchev–Trinajstić information content (AvgIpc) is 2.98. The van der Waals surface area contributed by atoms with Crippen molar-refractivity contribution in [2.45, 2.75) is 19.5 Å². The largest absolute Gasteiger partial charge is 0.337 e. The van der Waals surface area contributed by atoms with E-state index in [1.54, 1.807) is 9.80 Å². The van der Waals surface area contributed by atoms with E-state index in [1.807, 2.05) is 38.4 Å². The molecular formula is C19H18N2O2. The summed E-state index contributed by atoms with van der Waals surface area (Å²) in [6.45, 7) is 1.38. The molecule has 2 amide bonds. The van der Waals surface area contributed by atoms with Gasteiger partial charge in [0.15, 0.2) is 0 Å².